The van der Waals surface area contributed by atoms with Crippen molar-refractivity contribution in [3.8, 4) is 5.75 Å². The smallest absolute Gasteiger partial charge is 0.184 e. The summed E-state index contributed by atoms with van der Waals surface area (Å²) in [6.07, 6.45) is 6.27. The summed E-state index contributed by atoms with van der Waals surface area (Å²) in [4.78, 5) is 2.24. The number of allylic oxidation sites excluding steroid dienone is 2. The Morgan fingerprint density at radius 1 is 1.13 bits per heavy atom. The zero-order chi connectivity index (χ0) is 20.9. The molecule has 5 rings (SSSR count). The van der Waals surface area contributed by atoms with E-state index in [4.69, 9.17) is 4.74 Å². The number of ether oxygens (including phenoxy) is 1. The number of fused-ring (bicyclic) bond motifs is 1. The molecular weight excluding hydrogens is 374 g/mol. The van der Waals surface area contributed by atoms with Gasteiger partial charge in [0.15, 0.2) is 6.35 Å². The number of nitrogens with zero attached hydrogens (tertiary/aromatic N) is 1. The van der Waals surface area contributed by atoms with Crippen LogP contribution in [0.4, 0.5) is 11.4 Å². The van der Waals surface area contributed by atoms with Gasteiger partial charge in [-0.25, -0.2) is 0 Å². The van der Waals surface area contributed by atoms with E-state index in [1.807, 2.05) is 12.1 Å². The number of aliphatic hydroxyl groups excluding tert-OH is 1. The quantitative estimate of drug-likeness (QED) is 0.685. The van der Waals surface area contributed by atoms with E-state index >= 15 is 0 Å². The third kappa shape index (κ3) is 3.36. The van der Waals surface area contributed by atoms with Crippen LogP contribution in [0.15, 0.2) is 48.2 Å². The van der Waals surface area contributed by atoms with Crippen LogP contribution in [0.3, 0.4) is 0 Å². The van der Waals surface area contributed by atoms with Gasteiger partial charge in [-0.2, -0.15) is 0 Å². The summed E-state index contributed by atoms with van der Waals surface area (Å²) >= 11 is 0. The number of hydrogen-bond acceptors (Lipinski definition) is 5. The van der Waals surface area contributed by atoms with Crippen LogP contribution in [0.25, 0.3) is 0 Å². The fraction of sp³-hybridized carbons (Fsp3) is 0.440. The first kappa shape index (κ1) is 19.5. The van der Waals surface area contributed by atoms with Gasteiger partial charge in [-0.3, -0.25) is 4.90 Å². The zero-order valence-corrected chi connectivity index (χ0v) is 18.0. The van der Waals surface area contributed by atoms with Gasteiger partial charge in [0.25, 0.3) is 0 Å². The van der Waals surface area contributed by atoms with E-state index in [-0.39, 0.29) is 5.41 Å². The summed E-state index contributed by atoms with van der Waals surface area (Å²) in [5, 5.41) is 17.6. The van der Waals surface area contributed by atoms with Crippen LogP contribution in [0, 0.1) is 19.3 Å². The second-order valence-electron chi connectivity index (χ2n) is 9.05. The number of rotatable bonds is 4. The van der Waals surface area contributed by atoms with Gasteiger partial charge in [0.1, 0.15) is 5.75 Å². The van der Waals surface area contributed by atoms with Gasteiger partial charge < -0.3 is 20.5 Å². The van der Waals surface area contributed by atoms with Crippen LogP contribution in [0.1, 0.15) is 42.4 Å². The molecule has 158 valence electrons. The maximum Gasteiger partial charge on any atom is 0.184 e. The molecule has 1 heterocycles. The second-order valence-corrected chi connectivity index (χ2v) is 9.05. The first-order valence-corrected chi connectivity index (χ1v) is 10.9. The molecule has 1 aliphatic heterocycles. The van der Waals surface area contributed by atoms with E-state index in [9.17, 15) is 5.11 Å². The lowest BCUT2D eigenvalue weighted by atomic mass is 9.80. The normalized spacial score (nSPS) is 27.8. The minimum absolute atomic E-state index is 0.228. The molecule has 0 saturated heterocycles. The van der Waals surface area contributed by atoms with Crippen molar-refractivity contribution in [1.29, 1.82) is 0 Å². The Hall–Kier alpha value is -2.50. The Bertz CT molecular complexity index is 992. The molecule has 1 unspecified atom stereocenters. The van der Waals surface area contributed by atoms with Gasteiger partial charge in [-0.15, -0.1) is 0 Å². The average Bonchev–Trinajstić information content (AvgIpc) is 3.39. The number of aliphatic hydroxyl groups is 1. The molecule has 30 heavy (non-hydrogen) atoms. The monoisotopic (exact) mass is 405 g/mol. The molecule has 5 heteroatoms. The lowest BCUT2D eigenvalue weighted by molar-refractivity contribution is -0.0314. The molecule has 3 N–H and O–H groups in total. The van der Waals surface area contributed by atoms with Crippen LogP contribution in [0.2, 0.25) is 0 Å². The Morgan fingerprint density at radius 2 is 1.93 bits per heavy atom. The van der Waals surface area contributed by atoms with E-state index in [1.165, 1.54) is 16.8 Å². The van der Waals surface area contributed by atoms with E-state index in [1.54, 1.807) is 7.11 Å². The molecule has 0 radical (unpaired) electrons. The number of benzene rings is 2. The van der Waals surface area contributed by atoms with Crippen molar-refractivity contribution >= 4 is 11.4 Å². The van der Waals surface area contributed by atoms with Crippen LogP contribution in [0.5, 0.6) is 5.75 Å². The first-order valence-electron chi connectivity index (χ1n) is 10.9. The summed E-state index contributed by atoms with van der Waals surface area (Å²) < 4.78 is 5.37. The highest BCUT2D eigenvalue weighted by atomic mass is 16.5. The van der Waals surface area contributed by atoms with Gasteiger partial charge >= 0.3 is 0 Å². The molecule has 0 bridgehead atoms. The number of nitrogens with one attached hydrogen (secondary N) is 2. The van der Waals surface area contributed by atoms with Gasteiger partial charge in [-0.05, 0) is 80.5 Å². The molecule has 1 spiro atoms. The van der Waals surface area contributed by atoms with Crippen LogP contribution < -0.4 is 15.4 Å². The van der Waals surface area contributed by atoms with Crippen LogP contribution >= 0.6 is 0 Å². The zero-order valence-electron chi connectivity index (χ0n) is 18.0. The largest absolute Gasteiger partial charge is 0.496 e. The number of anilines is 2. The third-order valence-electron chi connectivity index (χ3n) is 7.21. The summed E-state index contributed by atoms with van der Waals surface area (Å²) in [6.45, 7) is 5.04. The first-order chi connectivity index (χ1) is 14.5. The maximum absolute atomic E-state index is 10.7. The molecule has 0 aromatic heterocycles. The van der Waals surface area contributed by atoms with Crippen molar-refractivity contribution in [3.63, 3.8) is 0 Å². The molecule has 1 saturated carbocycles. The molecule has 1 fully saturated rings. The maximum atomic E-state index is 10.7. The van der Waals surface area contributed by atoms with Crippen molar-refractivity contribution < 1.29 is 9.84 Å². The minimum Gasteiger partial charge on any atom is -0.496 e. The number of aryl methyl sites for hydroxylation is 2. The molecule has 2 aromatic rings. The van der Waals surface area contributed by atoms with Crippen molar-refractivity contribution in [3.05, 3.63) is 64.9 Å². The average molecular weight is 406 g/mol. The predicted octanol–water partition coefficient (Wildman–Crippen LogP) is 4.75. The highest BCUT2D eigenvalue weighted by molar-refractivity contribution is 5.60. The minimum atomic E-state index is -0.606. The van der Waals surface area contributed by atoms with E-state index in [0.29, 0.717) is 6.04 Å². The molecule has 1 atom stereocenters. The van der Waals surface area contributed by atoms with Crippen molar-refractivity contribution in [2.24, 2.45) is 5.41 Å². The fourth-order valence-electron chi connectivity index (χ4n) is 5.24. The van der Waals surface area contributed by atoms with E-state index in [2.05, 4.69) is 59.7 Å². The topological polar surface area (TPSA) is 56.8 Å². The van der Waals surface area contributed by atoms with Crippen LogP contribution in [-0.2, 0) is 6.54 Å². The Balaban J connectivity index is 1.20. The highest BCUT2D eigenvalue weighted by Crippen LogP contribution is 2.55. The summed E-state index contributed by atoms with van der Waals surface area (Å²) in [5.74, 6) is 0.922. The lowest BCUT2D eigenvalue weighted by Gasteiger charge is -2.43. The Labute approximate surface area is 178 Å². The Kier molecular flexibility index (Phi) is 4.75. The van der Waals surface area contributed by atoms with Crippen LogP contribution in [-0.4, -0.2) is 29.5 Å². The summed E-state index contributed by atoms with van der Waals surface area (Å²) in [6, 6.07) is 12.9. The van der Waals surface area contributed by atoms with E-state index in [0.717, 1.165) is 54.9 Å². The standard InChI is InChI=1S/C25H31N3O2/c1-16-5-4-6-21-20(16)15-28(24(29)27-21)19-9-11-25(12-10-19)14-23(25)26-18-7-8-22(30-3)17(2)13-18/h4-8,13-14,19,24,26-27,29H,9-12,15H2,1-3H3. The SMILES string of the molecule is COc1ccc(NC2=CC23CCC(N2Cc4c(C)cccc4NC2O)CC3)cc1C. The van der Waals surface area contributed by atoms with Gasteiger partial charge in [0.2, 0.25) is 0 Å². The Morgan fingerprint density at radius 3 is 2.67 bits per heavy atom. The second kappa shape index (κ2) is 7.33. The number of hydrogen-bond donors (Lipinski definition) is 3. The molecule has 2 aromatic carbocycles. The van der Waals surface area contributed by atoms with Crippen molar-refractivity contribution in [1.82, 2.24) is 4.90 Å². The van der Waals surface area contributed by atoms with Gasteiger partial charge in [0, 0.05) is 35.1 Å². The highest BCUT2D eigenvalue weighted by Gasteiger charge is 2.48. The molecule has 3 aliphatic rings. The van der Waals surface area contributed by atoms with Crippen molar-refractivity contribution in [2.75, 3.05) is 17.7 Å². The molecular formula is C25H31N3O2. The van der Waals surface area contributed by atoms with E-state index < -0.39 is 6.35 Å². The summed E-state index contributed by atoms with van der Waals surface area (Å²) in [7, 11) is 1.71. The lowest BCUT2D eigenvalue weighted by Crippen LogP contribution is -2.51. The predicted molar refractivity (Wildman–Crippen MR) is 120 cm³/mol. The fourth-order valence-corrected chi connectivity index (χ4v) is 5.24. The van der Waals surface area contributed by atoms with Gasteiger partial charge in [-0.1, -0.05) is 18.2 Å². The van der Waals surface area contributed by atoms with Gasteiger partial charge in [0.05, 0.1) is 7.11 Å². The molecule has 0 amide bonds. The van der Waals surface area contributed by atoms with Crippen molar-refractivity contribution in [2.45, 2.75) is 58.5 Å². The third-order valence-corrected chi connectivity index (χ3v) is 7.21. The number of methoxy groups -OCH3 is 1. The summed E-state index contributed by atoms with van der Waals surface area (Å²) in [5.41, 5.74) is 7.51. The molecule has 5 nitrogen and oxygen atoms in total. The molecule has 2 aliphatic carbocycles.